The third-order valence-electron chi connectivity index (χ3n) is 4.12. The molecule has 2 aromatic rings. The minimum atomic E-state index is -0.347. The molecule has 1 heterocycles. The summed E-state index contributed by atoms with van der Waals surface area (Å²) in [4.78, 5) is 16.5. The second kappa shape index (κ2) is 7.18. The summed E-state index contributed by atoms with van der Waals surface area (Å²) in [5.41, 5.74) is 8.39. The quantitative estimate of drug-likeness (QED) is 0.861. The number of nitrogens with one attached hydrogen (secondary N) is 1. The zero-order chi connectivity index (χ0) is 16.0. The van der Waals surface area contributed by atoms with Crippen LogP contribution in [0.3, 0.4) is 0 Å². The summed E-state index contributed by atoms with van der Waals surface area (Å²) in [5.74, 6) is -0.137. The number of rotatable bonds is 6. The van der Waals surface area contributed by atoms with Gasteiger partial charge in [-0.15, -0.1) is 0 Å². The van der Waals surface area contributed by atoms with Crippen LogP contribution in [0, 0.1) is 0 Å². The largest absolute Gasteiger partial charge is 0.350 e. The number of hydrogen-bond donors (Lipinski definition) is 2. The molecule has 0 spiro atoms. The van der Waals surface area contributed by atoms with Crippen LogP contribution in [0.1, 0.15) is 37.0 Å². The van der Waals surface area contributed by atoms with Crippen molar-refractivity contribution in [2.45, 2.75) is 32.2 Å². The topological polar surface area (TPSA) is 68.0 Å². The fraction of sp³-hybridized carbons (Fsp3) is 0.333. The van der Waals surface area contributed by atoms with E-state index in [1.165, 1.54) is 0 Å². The number of pyridine rings is 1. The molecule has 2 rings (SSSR count). The van der Waals surface area contributed by atoms with E-state index in [1.807, 2.05) is 50.2 Å². The molecule has 116 valence electrons. The molecule has 0 aliphatic rings. The van der Waals surface area contributed by atoms with Crippen LogP contribution in [0.15, 0.2) is 48.8 Å². The van der Waals surface area contributed by atoms with Crippen molar-refractivity contribution in [3.63, 3.8) is 0 Å². The Bertz CT molecular complexity index is 621. The Morgan fingerprint density at radius 1 is 1.14 bits per heavy atom. The average Bonchev–Trinajstić information content (AvgIpc) is 2.60. The van der Waals surface area contributed by atoms with E-state index in [1.54, 1.807) is 12.4 Å². The van der Waals surface area contributed by atoms with Crippen molar-refractivity contribution in [1.29, 1.82) is 0 Å². The van der Waals surface area contributed by atoms with E-state index in [0.717, 1.165) is 24.0 Å². The molecule has 4 nitrogen and oxygen atoms in total. The number of carbonyl (C=O) groups is 1. The molecule has 1 amide bonds. The summed E-state index contributed by atoms with van der Waals surface area (Å²) in [7, 11) is 0. The van der Waals surface area contributed by atoms with Crippen molar-refractivity contribution in [3.8, 4) is 11.1 Å². The van der Waals surface area contributed by atoms with Crippen LogP contribution in [0.2, 0.25) is 0 Å². The van der Waals surface area contributed by atoms with Gasteiger partial charge in [-0.05, 0) is 24.5 Å². The second-order valence-corrected chi connectivity index (χ2v) is 5.58. The Labute approximate surface area is 131 Å². The molecule has 0 radical (unpaired) electrons. The molecule has 1 aromatic heterocycles. The summed E-state index contributed by atoms with van der Waals surface area (Å²) in [5, 5.41) is 2.92. The lowest BCUT2D eigenvalue weighted by Gasteiger charge is -2.26. The first kappa shape index (κ1) is 16.2. The molecule has 0 saturated carbocycles. The standard InChI is InChI=1S/C18H23N3O/c1-3-18(19,4-2)13-21-17(22)16-10-15(11-20-12-16)14-8-6-5-7-9-14/h5-12H,3-4,13,19H2,1-2H3,(H,21,22). The van der Waals surface area contributed by atoms with Gasteiger partial charge in [-0.2, -0.15) is 0 Å². The molecule has 0 atom stereocenters. The molecule has 22 heavy (non-hydrogen) atoms. The second-order valence-electron chi connectivity index (χ2n) is 5.58. The predicted octanol–water partition coefficient (Wildman–Crippen LogP) is 3.00. The molecule has 0 saturated heterocycles. The van der Waals surface area contributed by atoms with E-state index in [9.17, 15) is 4.79 Å². The molecule has 0 unspecified atom stereocenters. The number of nitrogens with two attached hydrogens (primary N) is 1. The van der Waals surface area contributed by atoms with Gasteiger partial charge < -0.3 is 11.1 Å². The van der Waals surface area contributed by atoms with Gasteiger partial charge in [-0.1, -0.05) is 44.2 Å². The molecule has 0 fully saturated rings. The van der Waals surface area contributed by atoms with Gasteiger partial charge in [0.1, 0.15) is 0 Å². The van der Waals surface area contributed by atoms with E-state index >= 15 is 0 Å². The minimum Gasteiger partial charge on any atom is -0.350 e. The van der Waals surface area contributed by atoms with Gasteiger partial charge in [-0.25, -0.2) is 0 Å². The first-order valence-electron chi connectivity index (χ1n) is 7.65. The zero-order valence-corrected chi connectivity index (χ0v) is 13.2. The van der Waals surface area contributed by atoms with Crippen LogP contribution in [0.25, 0.3) is 11.1 Å². The lowest BCUT2D eigenvalue weighted by molar-refractivity contribution is 0.0942. The van der Waals surface area contributed by atoms with E-state index in [0.29, 0.717) is 12.1 Å². The van der Waals surface area contributed by atoms with Gasteiger partial charge in [0.25, 0.3) is 5.91 Å². The maximum atomic E-state index is 12.3. The maximum Gasteiger partial charge on any atom is 0.252 e. The van der Waals surface area contributed by atoms with Crippen LogP contribution in [-0.2, 0) is 0 Å². The molecule has 3 N–H and O–H groups in total. The van der Waals surface area contributed by atoms with Gasteiger partial charge in [0.2, 0.25) is 0 Å². The zero-order valence-electron chi connectivity index (χ0n) is 13.2. The van der Waals surface area contributed by atoms with Gasteiger partial charge in [0, 0.05) is 30.0 Å². The molecular weight excluding hydrogens is 274 g/mol. The normalized spacial score (nSPS) is 11.2. The Balaban J connectivity index is 2.11. The predicted molar refractivity (Wildman–Crippen MR) is 89.5 cm³/mol. The summed E-state index contributed by atoms with van der Waals surface area (Å²) < 4.78 is 0. The Morgan fingerprint density at radius 2 is 1.82 bits per heavy atom. The number of nitrogens with zero attached hydrogens (tertiary/aromatic N) is 1. The first-order valence-corrected chi connectivity index (χ1v) is 7.65. The number of carbonyl (C=O) groups excluding carboxylic acids is 1. The smallest absolute Gasteiger partial charge is 0.252 e. The molecule has 4 heteroatoms. The Kier molecular flexibility index (Phi) is 5.28. The minimum absolute atomic E-state index is 0.137. The van der Waals surface area contributed by atoms with Crippen LogP contribution in [0.5, 0.6) is 0 Å². The van der Waals surface area contributed by atoms with Crippen LogP contribution >= 0.6 is 0 Å². The highest BCUT2D eigenvalue weighted by Crippen LogP contribution is 2.19. The molecule has 1 aromatic carbocycles. The van der Waals surface area contributed by atoms with Gasteiger partial charge >= 0.3 is 0 Å². The maximum absolute atomic E-state index is 12.3. The molecular formula is C18H23N3O. The SMILES string of the molecule is CCC(N)(CC)CNC(=O)c1cncc(-c2ccccc2)c1. The van der Waals surface area contributed by atoms with E-state index < -0.39 is 0 Å². The fourth-order valence-corrected chi connectivity index (χ4v) is 2.21. The van der Waals surface area contributed by atoms with Crippen molar-refractivity contribution in [3.05, 3.63) is 54.4 Å². The number of hydrogen-bond acceptors (Lipinski definition) is 3. The summed E-state index contributed by atoms with van der Waals surface area (Å²) in [6.07, 6.45) is 4.99. The van der Waals surface area contributed by atoms with E-state index in [2.05, 4.69) is 10.3 Å². The number of benzene rings is 1. The van der Waals surface area contributed by atoms with Crippen LogP contribution in [-0.4, -0.2) is 23.0 Å². The monoisotopic (exact) mass is 297 g/mol. The fourth-order valence-electron chi connectivity index (χ4n) is 2.21. The van der Waals surface area contributed by atoms with Gasteiger partial charge in [-0.3, -0.25) is 9.78 Å². The highest BCUT2D eigenvalue weighted by atomic mass is 16.1. The lowest BCUT2D eigenvalue weighted by Crippen LogP contribution is -2.49. The van der Waals surface area contributed by atoms with Gasteiger partial charge in [0.15, 0.2) is 0 Å². The number of amides is 1. The lowest BCUT2D eigenvalue weighted by atomic mass is 9.94. The van der Waals surface area contributed by atoms with Crippen molar-refractivity contribution in [2.24, 2.45) is 5.73 Å². The molecule has 0 aliphatic carbocycles. The third kappa shape index (κ3) is 3.92. The van der Waals surface area contributed by atoms with Crippen molar-refractivity contribution in [2.75, 3.05) is 6.54 Å². The van der Waals surface area contributed by atoms with Crippen molar-refractivity contribution < 1.29 is 4.79 Å². The average molecular weight is 297 g/mol. The summed E-state index contributed by atoms with van der Waals surface area (Å²) in [6.45, 7) is 4.54. The van der Waals surface area contributed by atoms with Gasteiger partial charge in [0.05, 0.1) is 5.56 Å². The Hall–Kier alpha value is -2.20. The van der Waals surface area contributed by atoms with E-state index in [4.69, 9.17) is 5.73 Å². The first-order chi connectivity index (χ1) is 10.6. The van der Waals surface area contributed by atoms with Crippen molar-refractivity contribution in [1.82, 2.24) is 10.3 Å². The number of aromatic nitrogens is 1. The van der Waals surface area contributed by atoms with Crippen LogP contribution < -0.4 is 11.1 Å². The highest BCUT2D eigenvalue weighted by molar-refractivity contribution is 5.95. The van der Waals surface area contributed by atoms with Crippen LogP contribution in [0.4, 0.5) is 0 Å². The Morgan fingerprint density at radius 3 is 2.45 bits per heavy atom. The summed E-state index contributed by atoms with van der Waals surface area (Å²) in [6, 6.07) is 11.7. The third-order valence-corrected chi connectivity index (χ3v) is 4.12. The van der Waals surface area contributed by atoms with E-state index in [-0.39, 0.29) is 11.4 Å². The molecule has 0 bridgehead atoms. The van der Waals surface area contributed by atoms with Crippen molar-refractivity contribution >= 4 is 5.91 Å². The highest BCUT2D eigenvalue weighted by Gasteiger charge is 2.21. The molecule has 0 aliphatic heterocycles. The summed E-state index contributed by atoms with van der Waals surface area (Å²) >= 11 is 0.